The van der Waals surface area contributed by atoms with E-state index in [0.29, 0.717) is 13.1 Å². The van der Waals surface area contributed by atoms with Gasteiger partial charge in [0.1, 0.15) is 0 Å². The van der Waals surface area contributed by atoms with Crippen LogP contribution in [0.4, 0.5) is 0 Å². The second-order valence-corrected chi connectivity index (χ2v) is 5.50. The van der Waals surface area contributed by atoms with E-state index in [2.05, 4.69) is 9.88 Å². The highest BCUT2D eigenvalue weighted by atomic mass is 16.3. The van der Waals surface area contributed by atoms with Crippen molar-refractivity contribution in [3.63, 3.8) is 0 Å². The van der Waals surface area contributed by atoms with E-state index >= 15 is 0 Å². The van der Waals surface area contributed by atoms with Gasteiger partial charge in [-0.25, -0.2) is 9.97 Å². The van der Waals surface area contributed by atoms with Gasteiger partial charge in [0.2, 0.25) is 0 Å². The third-order valence-corrected chi connectivity index (χ3v) is 3.93. The maximum Gasteiger partial charge on any atom is 0.0890 e. The van der Waals surface area contributed by atoms with Crippen LogP contribution in [0.25, 0.3) is 11.0 Å². The summed E-state index contributed by atoms with van der Waals surface area (Å²) in [6.45, 7) is 4.20. The lowest BCUT2D eigenvalue weighted by Gasteiger charge is -2.33. The molecule has 1 aliphatic heterocycles. The Bertz CT molecular complexity index is 616. The summed E-state index contributed by atoms with van der Waals surface area (Å²) < 4.78 is 0. The Labute approximate surface area is 118 Å². The summed E-state index contributed by atoms with van der Waals surface area (Å²) in [7, 11) is 0. The van der Waals surface area contributed by atoms with Crippen LogP contribution < -0.4 is 5.73 Å². The molecule has 2 heterocycles. The number of nitrogens with zero attached hydrogens (tertiary/aromatic N) is 3. The third-order valence-electron chi connectivity index (χ3n) is 3.93. The average Bonchev–Trinajstić information content (AvgIpc) is 2.44. The Morgan fingerprint density at radius 2 is 2.00 bits per heavy atom. The van der Waals surface area contributed by atoms with Crippen molar-refractivity contribution in [2.24, 2.45) is 5.73 Å². The van der Waals surface area contributed by atoms with E-state index in [9.17, 15) is 5.11 Å². The van der Waals surface area contributed by atoms with Crippen molar-refractivity contribution in [2.45, 2.75) is 32.0 Å². The van der Waals surface area contributed by atoms with E-state index in [1.807, 2.05) is 31.2 Å². The van der Waals surface area contributed by atoms with Crippen LogP contribution in [0.3, 0.4) is 0 Å². The number of nitrogens with two attached hydrogens (primary N) is 1. The minimum atomic E-state index is -0.447. The molecule has 1 aromatic carbocycles. The molecule has 0 bridgehead atoms. The van der Waals surface area contributed by atoms with Crippen LogP contribution in [-0.4, -0.2) is 45.2 Å². The zero-order chi connectivity index (χ0) is 14.1. The van der Waals surface area contributed by atoms with Crippen LogP contribution in [0, 0.1) is 6.92 Å². The van der Waals surface area contributed by atoms with E-state index in [-0.39, 0.29) is 6.04 Å². The molecule has 5 heteroatoms. The number of hydrogen-bond acceptors (Lipinski definition) is 5. The fourth-order valence-electron chi connectivity index (χ4n) is 2.65. The molecule has 20 heavy (non-hydrogen) atoms. The molecule has 0 amide bonds. The molecule has 1 fully saturated rings. The Morgan fingerprint density at radius 1 is 1.30 bits per heavy atom. The lowest BCUT2D eigenvalue weighted by molar-refractivity contribution is 0.0493. The van der Waals surface area contributed by atoms with Crippen LogP contribution in [-0.2, 0) is 6.54 Å². The molecule has 0 saturated carbocycles. The van der Waals surface area contributed by atoms with Gasteiger partial charge in [-0.15, -0.1) is 0 Å². The third kappa shape index (κ3) is 2.65. The fourth-order valence-corrected chi connectivity index (χ4v) is 2.65. The normalized spacial score (nSPS) is 24.1. The molecule has 106 valence electrons. The van der Waals surface area contributed by atoms with Gasteiger partial charge in [-0.05, 0) is 25.5 Å². The van der Waals surface area contributed by atoms with Crippen LogP contribution in [0.2, 0.25) is 0 Å². The number of likely N-dealkylation sites (tertiary alicyclic amines) is 1. The van der Waals surface area contributed by atoms with Crippen molar-refractivity contribution in [1.29, 1.82) is 0 Å². The summed E-state index contributed by atoms with van der Waals surface area (Å²) in [5.41, 5.74) is 9.61. The number of aromatic nitrogens is 2. The van der Waals surface area contributed by atoms with Crippen LogP contribution >= 0.6 is 0 Å². The van der Waals surface area contributed by atoms with Crippen molar-refractivity contribution in [1.82, 2.24) is 14.9 Å². The number of hydrogen-bond donors (Lipinski definition) is 2. The van der Waals surface area contributed by atoms with Gasteiger partial charge in [-0.2, -0.15) is 0 Å². The Balaban J connectivity index is 1.82. The van der Waals surface area contributed by atoms with Gasteiger partial charge >= 0.3 is 0 Å². The van der Waals surface area contributed by atoms with Crippen molar-refractivity contribution in [3.05, 3.63) is 35.7 Å². The van der Waals surface area contributed by atoms with Gasteiger partial charge in [-0.1, -0.05) is 12.1 Å². The maximum atomic E-state index is 9.86. The highest BCUT2D eigenvalue weighted by Crippen LogP contribution is 2.16. The number of rotatable bonds is 2. The minimum Gasteiger partial charge on any atom is -0.390 e. The summed E-state index contributed by atoms with van der Waals surface area (Å²) in [6.07, 6.45) is 0.374. The molecule has 0 radical (unpaired) electrons. The summed E-state index contributed by atoms with van der Waals surface area (Å²) >= 11 is 0. The molecule has 3 N–H and O–H groups in total. The molecule has 2 aromatic rings. The first-order valence-corrected chi connectivity index (χ1v) is 7.02. The second kappa shape index (κ2) is 5.44. The summed E-state index contributed by atoms with van der Waals surface area (Å²) in [5.74, 6) is 0. The zero-order valence-electron chi connectivity index (χ0n) is 11.7. The topological polar surface area (TPSA) is 75.3 Å². The SMILES string of the molecule is Cc1nc2ccccc2nc1CN1CCC(N)C(O)C1. The number of piperidine rings is 1. The van der Waals surface area contributed by atoms with Gasteiger partial charge in [0.15, 0.2) is 0 Å². The number of β-amino-alcohol motifs (C(OH)–C–C–N with tert-alkyl or cyclic N) is 1. The largest absolute Gasteiger partial charge is 0.390 e. The molecule has 5 nitrogen and oxygen atoms in total. The van der Waals surface area contributed by atoms with Crippen LogP contribution in [0.5, 0.6) is 0 Å². The van der Waals surface area contributed by atoms with E-state index < -0.39 is 6.10 Å². The highest BCUT2D eigenvalue weighted by molar-refractivity contribution is 5.74. The number of fused-ring (bicyclic) bond motifs is 1. The second-order valence-electron chi connectivity index (χ2n) is 5.50. The lowest BCUT2D eigenvalue weighted by Crippen LogP contribution is -2.50. The molecule has 3 rings (SSSR count). The van der Waals surface area contributed by atoms with Gasteiger partial charge < -0.3 is 10.8 Å². The van der Waals surface area contributed by atoms with E-state index in [4.69, 9.17) is 10.7 Å². The fraction of sp³-hybridized carbons (Fsp3) is 0.467. The zero-order valence-corrected chi connectivity index (χ0v) is 11.7. The highest BCUT2D eigenvalue weighted by Gasteiger charge is 2.25. The first kappa shape index (κ1) is 13.4. The maximum absolute atomic E-state index is 9.86. The van der Waals surface area contributed by atoms with Crippen molar-refractivity contribution >= 4 is 11.0 Å². The van der Waals surface area contributed by atoms with Crippen LogP contribution in [0.1, 0.15) is 17.8 Å². The average molecular weight is 272 g/mol. The van der Waals surface area contributed by atoms with E-state index in [1.54, 1.807) is 0 Å². The van der Waals surface area contributed by atoms with E-state index in [0.717, 1.165) is 35.4 Å². The number of aliphatic hydroxyl groups excluding tert-OH is 1. The summed E-state index contributed by atoms with van der Waals surface area (Å²) in [5, 5.41) is 9.86. The predicted molar refractivity (Wildman–Crippen MR) is 78.2 cm³/mol. The molecular formula is C15H20N4O. The molecule has 1 aliphatic rings. The Morgan fingerprint density at radius 3 is 2.70 bits per heavy atom. The van der Waals surface area contributed by atoms with Gasteiger partial charge in [0, 0.05) is 25.7 Å². The predicted octanol–water partition coefficient (Wildman–Crippen LogP) is 0.832. The van der Waals surface area contributed by atoms with Gasteiger partial charge in [-0.3, -0.25) is 4.90 Å². The molecule has 0 spiro atoms. The number of aliphatic hydroxyl groups is 1. The summed E-state index contributed by atoms with van der Waals surface area (Å²) in [4.78, 5) is 11.5. The molecule has 1 aromatic heterocycles. The standard InChI is InChI=1S/C15H20N4O/c1-10-14(8-19-7-6-11(16)15(20)9-19)18-13-5-3-2-4-12(13)17-10/h2-5,11,15,20H,6-9,16H2,1H3. The minimum absolute atomic E-state index is 0.102. The van der Waals surface area contributed by atoms with E-state index in [1.165, 1.54) is 0 Å². The first-order chi connectivity index (χ1) is 9.63. The first-order valence-electron chi connectivity index (χ1n) is 7.02. The number of benzene rings is 1. The molecule has 2 unspecified atom stereocenters. The smallest absolute Gasteiger partial charge is 0.0890 e. The Kier molecular flexibility index (Phi) is 3.65. The van der Waals surface area contributed by atoms with Crippen molar-refractivity contribution < 1.29 is 5.11 Å². The summed E-state index contributed by atoms with van der Waals surface area (Å²) in [6, 6.07) is 7.79. The molecule has 1 saturated heterocycles. The van der Waals surface area contributed by atoms with Crippen molar-refractivity contribution in [3.8, 4) is 0 Å². The molecule has 2 atom stereocenters. The van der Waals surface area contributed by atoms with Crippen LogP contribution in [0.15, 0.2) is 24.3 Å². The van der Waals surface area contributed by atoms with Crippen molar-refractivity contribution in [2.75, 3.05) is 13.1 Å². The number of aryl methyl sites for hydroxylation is 1. The lowest BCUT2D eigenvalue weighted by atomic mass is 10.0. The van der Waals surface area contributed by atoms with Gasteiger partial charge in [0.05, 0.1) is 28.5 Å². The number of para-hydroxylation sites is 2. The monoisotopic (exact) mass is 272 g/mol. The quantitative estimate of drug-likeness (QED) is 0.847. The Hall–Kier alpha value is -1.56. The van der Waals surface area contributed by atoms with Gasteiger partial charge in [0.25, 0.3) is 0 Å². The molecular weight excluding hydrogens is 252 g/mol. The molecule has 0 aliphatic carbocycles.